The van der Waals surface area contributed by atoms with Crippen molar-refractivity contribution in [1.29, 1.82) is 0 Å². The van der Waals surface area contributed by atoms with Gasteiger partial charge in [0.15, 0.2) is 9.84 Å². The molecule has 1 aromatic heterocycles. The summed E-state index contributed by atoms with van der Waals surface area (Å²) in [5.41, 5.74) is 0.254. The zero-order valence-corrected chi connectivity index (χ0v) is 14.5. The lowest BCUT2D eigenvalue weighted by molar-refractivity contribution is 0.0942. The summed E-state index contributed by atoms with van der Waals surface area (Å²) in [6.45, 7) is 3.75. The molecule has 6 nitrogen and oxygen atoms in total. The highest BCUT2D eigenvalue weighted by Crippen LogP contribution is 2.18. The second kappa shape index (κ2) is 6.05. The predicted octanol–water partition coefficient (Wildman–Crippen LogP) is 1.50. The van der Waals surface area contributed by atoms with Crippen LogP contribution in [-0.2, 0) is 9.84 Å². The van der Waals surface area contributed by atoms with Crippen LogP contribution in [0.5, 0.6) is 0 Å². The van der Waals surface area contributed by atoms with Gasteiger partial charge in [-0.3, -0.25) is 9.59 Å². The van der Waals surface area contributed by atoms with Gasteiger partial charge in [0.2, 0.25) is 0 Å². The lowest BCUT2D eigenvalue weighted by Crippen LogP contribution is -2.36. The summed E-state index contributed by atoms with van der Waals surface area (Å²) in [5, 5.41) is 3.86. The first kappa shape index (κ1) is 16.7. The van der Waals surface area contributed by atoms with Crippen LogP contribution in [0.4, 0.5) is 0 Å². The van der Waals surface area contributed by atoms with Crippen LogP contribution in [0.2, 0.25) is 0 Å². The summed E-state index contributed by atoms with van der Waals surface area (Å²) in [4.78, 5) is 25.2. The molecule has 1 N–H and O–H groups in total. The molecule has 1 aromatic carbocycles. The molecule has 1 amide bonds. The number of amides is 1. The number of nitrogens with zero attached hydrogens (tertiary/aromatic N) is 1. The SMILES string of the molecule is CC(C)n1cc(C(=O)N[C@@H]2CCS(=O)(=O)C2)c2ccccc2c1=O. The number of carbonyl (C=O) groups excluding carboxylic acids is 1. The minimum absolute atomic E-state index is 0.0273. The maximum Gasteiger partial charge on any atom is 0.258 e. The molecule has 7 heteroatoms. The van der Waals surface area contributed by atoms with E-state index in [1.54, 1.807) is 30.5 Å². The summed E-state index contributed by atoms with van der Waals surface area (Å²) in [5.74, 6) is -0.271. The molecule has 0 saturated carbocycles. The number of aromatic nitrogens is 1. The predicted molar refractivity (Wildman–Crippen MR) is 93.1 cm³/mol. The summed E-state index contributed by atoms with van der Waals surface area (Å²) < 4.78 is 24.7. The van der Waals surface area contributed by atoms with Gasteiger partial charge in [-0.15, -0.1) is 0 Å². The summed E-state index contributed by atoms with van der Waals surface area (Å²) in [7, 11) is -3.06. The normalized spacial score (nSPS) is 19.7. The summed E-state index contributed by atoms with van der Waals surface area (Å²) >= 11 is 0. The number of benzene rings is 1. The molecule has 24 heavy (non-hydrogen) atoms. The topological polar surface area (TPSA) is 85.2 Å². The van der Waals surface area contributed by atoms with Crippen molar-refractivity contribution in [2.24, 2.45) is 0 Å². The van der Waals surface area contributed by atoms with Crippen LogP contribution in [0.3, 0.4) is 0 Å². The Morgan fingerprint density at radius 1 is 1.25 bits per heavy atom. The fraction of sp³-hybridized carbons (Fsp3) is 0.412. The quantitative estimate of drug-likeness (QED) is 0.911. The Labute approximate surface area is 140 Å². The van der Waals surface area contributed by atoms with E-state index in [2.05, 4.69) is 5.32 Å². The molecule has 0 spiro atoms. The van der Waals surface area contributed by atoms with E-state index in [0.717, 1.165) is 0 Å². The first-order chi connectivity index (χ1) is 11.3. The Balaban J connectivity index is 2.04. The van der Waals surface area contributed by atoms with Crippen molar-refractivity contribution in [1.82, 2.24) is 9.88 Å². The second-order valence-electron chi connectivity index (χ2n) is 6.47. The van der Waals surface area contributed by atoms with Gasteiger partial charge >= 0.3 is 0 Å². The summed E-state index contributed by atoms with van der Waals surface area (Å²) in [6, 6.07) is 6.52. The number of carbonyl (C=O) groups is 1. The zero-order chi connectivity index (χ0) is 17.5. The molecule has 1 aliphatic rings. The van der Waals surface area contributed by atoms with Gasteiger partial charge in [0.1, 0.15) is 0 Å². The first-order valence-electron chi connectivity index (χ1n) is 7.93. The highest BCUT2D eigenvalue weighted by Gasteiger charge is 2.29. The van der Waals surface area contributed by atoms with Crippen LogP contribution in [0.25, 0.3) is 10.8 Å². The van der Waals surface area contributed by atoms with Crippen LogP contribution >= 0.6 is 0 Å². The molecule has 1 fully saturated rings. The fourth-order valence-electron chi connectivity index (χ4n) is 3.05. The number of hydrogen-bond acceptors (Lipinski definition) is 4. The van der Waals surface area contributed by atoms with E-state index < -0.39 is 9.84 Å². The number of pyridine rings is 1. The molecule has 0 radical (unpaired) electrons. The van der Waals surface area contributed by atoms with E-state index in [9.17, 15) is 18.0 Å². The van der Waals surface area contributed by atoms with Crippen molar-refractivity contribution in [3.63, 3.8) is 0 Å². The Kier molecular flexibility index (Phi) is 4.21. The lowest BCUT2D eigenvalue weighted by Gasteiger charge is -2.16. The van der Waals surface area contributed by atoms with Crippen molar-refractivity contribution in [3.05, 3.63) is 46.4 Å². The maximum atomic E-state index is 12.7. The Bertz CT molecular complexity index is 960. The zero-order valence-electron chi connectivity index (χ0n) is 13.7. The van der Waals surface area contributed by atoms with Crippen molar-refractivity contribution in [3.8, 4) is 0 Å². The first-order valence-corrected chi connectivity index (χ1v) is 9.76. The van der Waals surface area contributed by atoms with Gasteiger partial charge in [-0.2, -0.15) is 0 Å². The number of fused-ring (bicyclic) bond motifs is 1. The minimum Gasteiger partial charge on any atom is -0.348 e. The molecule has 128 valence electrons. The minimum atomic E-state index is -3.06. The number of hydrogen-bond donors (Lipinski definition) is 1. The molecule has 1 aliphatic heterocycles. The molecule has 2 heterocycles. The van der Waals surface area contributed by atoms with Gasteiger partial charge in [0.05, 0.1) is 17.1 Å². The molecule has 1 atom stereocenters. The molecule has 0 bridgehead atoms. The third-order valence-electron chi connectivity index (χ3n) is 4.32. The standard InChI is InChI=1S/C17H20N2O4S/c1-11(2)19-9-15(13-5-3-4-6-14(13)17(19)21)16(20)18-12-7-8-24(22,23)10-12/h3-6,9,11-12H,7-8,10H2,1-2H3,(H,18,20)/t12-/m1/s1. The van der Waals surface area contributed by atoms with Gasteiger partial charge in [0, 0.05) is 29.1 Å². The highest BCUT2D eigenvalue weighted by molar-refractivity contribution is 7.91. The van der Waals surface area contributed by atoms with E-state index in [-0.39, 0.29) is 35.1 Å². The fourth-order valence-corrected chi connectivity index (χ4v) is 4.72. The van der Waals surface area contributed by atoms with Crippen molar-refractivity contribution < 1.29 is 13.2 Å². The average molecular weight is 348 g/mol. The number of nitrogens with one attached hydrogen (secondary N) is 1. The molecule has 3 rings (SSSR count). The third-order valence-corrected chi connectivity index (χ3v) is 6.09. The van der Waals surface area contributed by atoms with Gasteiger partial charge in [-0.25, -0.2) is 8.42 Å². The van der Waals surface area contributed by atoms with Gasteiger partial charge in [0.25, 0.3) is 11.5 Å². The van der Waals surface area contributed by atoms with Gasteiger partial charge in [-0.1, -0.05) is 18.2 Å². The third kappa shape index (κ3) is 3.08. The summed E-state index contributed by atoms with van der Waals surface area (Å²) in [6.07, 6.45) is 1.99. The second-order valence-corrected chi connectivity index (χ2v) is 8.70. The van der Waals surface area contributed by atoms with E-state index in [1.807, 2.05) is 13.8 Å². The Morgan fingerprint density at radius 2 is 1.92 bits per heavy atom. The van der Waals surface area contributed by atoms with Crippen molar-refractivity contribution >= 4 is 26.5 Å². The molecule has 1 saturated heterocycles. The van der Waals surface area contributed by atoms with Gasteiger partial charge in [-0.05, 0) is 26.3 Å². The van der Waals surface area contributed by atoms with Crippen LogP contribution < -0.4 is 10.9 Å². The van der Waals surface area contributed by atoms with E-state index >= 15 is 0 Å². The molecule has 2 aromatic rings. The molecule has 0 unspecified atom stereocenters. The van der Waals surface area contributed by atoms with Crippen LogP contribution in [0, 0.1) is 0 Å². The van der Waals surface area contributed by atoms with E-state index in [4.69, 9.17) is 0 Å². The maximum absolute atomic E-state index is 12.7. The Hall–Kier alpha value is -2.15. The average Bonchev–Trinajstić information content (AvgIpc) is 2.86. The Morgan fingerprint density at radius 3 is 2.50 bits per heavy atom. The van der Waals surface area contributed by atoms with Crippen LogP contribution in [0.1, 0.15) is 36.7 Å². The van der Waals surface area contributed by atoms with Crippen LogP contribution in [-0.4, -0.2) is 36.4 Å². The number of sulfone groups is 1. The van der Waals surface area contributed by atoms with E-state index in [0.29, 0.717) is 22.8 Å². The van der Waals surface area contributed by atoms with Crippen molar-refractivity contribution in [2.75, 3.05) is 11.5 Å². The monoisotopic (exact) mass is 348 g/mol. The molecule has 0 aliphatic carbocycles. The highest BCUT2D eigenvalue weighted by atomic mass is 32.2. The number of rotatable bonds is 3. The molecular weight excluding hydrogens is 328 g/mol. The largest absolute Gasteiger partial charge is 0.348 e. The van der Waals surface area contributed by atoms with Crippen molar-refractivity contribution in [2.45, 2.75) is 32.4 Å². The van der Waals surface area contributed by atoms with Crippen LogP contribution in [0.15, 0.2) is 35.3 Å². The van der Waals surface area contributed by atoms with Gasteiger partial charge < -0.3 is 9.88 Å². The molecular formula is C17H20N2O4S. The smallest absolute Gasteiger partial charge is 0.258 e. The van der Waals surface area contributed by atoms with E-state index in [1.165, 1.54) is 4.57 Å². The lowest BCUT2D eigenvalue weighted by atomic mass is 10.1.